The third kappa shape index (κ3) is 3.87. The number of carbonyl (C=O) groups is 1. The Morgan fingerprint density at radius 2 is 2.35 bits per heavy atom. The van der Waals surface area contributed by atoms with Crippen LogP contribution in [0, 0.1) is 11.3 Å². The van der Waals surface area contributed by atoms with E-state index in [9.17, 15) is 9.90 Å². The van der Waals surface area contributed by atoms with Crippen molar-refractivity contribution in [2.75, 3.05) is 13.7 Å². The minimum atomic E-state index is -0.490. The quantitative estimate of drug-likeness (QED) is 0.491. The van der Waals surface area contributed by atoms with Gasteiger partial charge in [0.25, 0.3) is 5.91 Å². The molecule has 20 heavy (non-hydrogen) atoms. The highest BCUT2D eigenvalue weighted by atomic mass is 79.9. The molecular weight excluding hydrogens is 324 g/mol. The number of hydrogen-bond acceptors (Lipinski definition) is 4. The van der Waals surface area contributed by atoms with Gasteiger partial charge in [0.1, 0.15) is 11.6 Å². The van der Waals surface area contributed by atoms with Gasteiger partial charge in [-0.05, 0) is 39.7 Å². The monoisotopic (exact) mass is 336 g/mol. The number of aromatic hydroxyl groups is 1. The first-order valence-electron chi connectivity index (χ1n) is 5.60. The van der Waals surface area contributed by atoms with Gasteiger partial charge >= 0.3 is 0 Å². The summed E-state index contributed by atoms with van der Waals surface area (Å²) in [5.74, 6) is -0.288. The lowest BCUT2D eigenvalue weighted by Crippen LogP contribution is -2.24. The van der Waals surface area contributed by atoms with E-state index in [0.29, 0.717) is 10.0 Å². The van der Waals surface area contributed by atoms with Crippen LogP contribution in [0.15, 0.2) is 34.8 Å². The maximum atomic E-state index is 11.7. The van der Waals surface area contributed by atoms with Crippen LogP contribution < -0.4 is 10.1 Å². The minimum absolute atomic E-state index is 0.0423. The first-order chi connectivity index (χ1) is 9.53. The van der Waals surface area contributed by atoms with Gasteiger partial charge in [0.15, 0.2) is 11.5 Å². The second-order valence-electron chi connectivity index (χ2n) is 3.72. The average Bonchev–Trinajstić information content (AvgIpc) is 2.45. The van der Waals surface area contributed by atoms with Crippen LogP contribution >= 0.6 is 15.9 Å². The van der Waals surface area contributed by atoms with Crippen LogP contribution in [0.2, 0.25) is 0 Å². The van der Waals surface area contributed by atoms with Crippen LogP contribution in [0.25, 0.3) is 6.08 Å². The van der Waals surface area contributed by atoms with E-state index >= 15 is 0 Å². The molecular formula is C14H13BrN2O3. The Balaban J connectivity index is 3.14. The highest BCUT2D eigenvalue weighted by molar-refractivity contribution is 9.10. The van der Waals surface area contributed by atoms with Crippen molar-refractivity contribution in [3.8, 4) is 17.6 Å². The highest BCUT2D eigenvalue weighted by Crippen LogP contribution is 2.35. The number of carbonyl (C=O) groups excluding carboxylic acids is 1. The largest absolute Gasteiger partial charge is 0.503 e. The molecule has 104 valence electrons. The van der Waals surface area contributed by atoms with Crippen molar-refractivity contribution in [3.05, 3.63) is 40.4 Å². The van der Waals surface area contributed by atoms with Crippen LogP contribution in [0.1, 0.15) is 5.56 Å². The van der Waals surface area contributed by atoms with Gasteiger partial charge in [0.2, 0.25) is 0 Å². The summed E-state index contributed by atoms with van der Waals surface area (Å²) in [6.45, 7) is 3.76. The molecule has 1 aromatic carbocycles. The highest BCUT2D eigenvalue weighted by Gasteiger charge is 2.11. The fourth-order valence-corrected chi connectivity index (χ4v) is 1.87. The maximum Gasteiger partial charge on any atom is 0.262 e. The van der Waals surface area contributed by atoms with Gasteiger partial charge in [-0.3, -0.25) is 4.79 Å². The van der Waals surface area contributed by atoms with Crippen molar-refractivity contribution in [3.63, 3.8) is 0 Å². The zero-order chi connectivity index (χ0) is 15.1. The molecule has 0 spiro atoms. The molecule has 0 fully saturated rings. The Labute approximate surface area is 125 Å². The van der Waals surface area contributed by atoms with E-state index < -0.39 is 5.91 Å². The molecule has 0 bridgehead atoms. The normalized spacial score (nSPS) is 10.6. The summed E-state index contributed by atoms with van der Waals surface area (Å²) < 4.78 is 5.41. The molecule has 1 rings (SSSR count). The molecule has 0 aliphatic rings. The molecule has 1 amide bonds. The Morgan fingerprint density at radius 3 is 2.90 bits per heavy atom. The number of rotatable bonds is 5. The minimum Gasteiger partial charge on any atom is -0.503 e. The molecule has 0 aromatic heterocycles. The molecule has 1 aromatic rings. The summed E-state index contributed by atoms with van der Waals surface area (Å²) in [6, 6.07) is 4.93. The Hall–Kier alpha value is -2.26. The van der Waals surface area contributed by atoms with Crippen LogP contribution in [0.5, 0.6) is 11.5 Å². The lowest BCUT2D eigenvalue weighted by atomic mass is 10.1. The van der Waals surface area contributed by atoms with E-state index in [4.69, 9.17) is 10.00 Å². The van der Waals surface area contributed by atoms with Crippen molar-refractivity contribution in [1.29, 1.82) is 5.26 Å². The molecule has 6 heteroatoms. The summed E-state index contributed by atoms with van der Waals surface area (Å²) in [6.07, 6.45) is 2.93. The molecule has 0 atom stereocenters. The Kier molecular flexibility index (Phi) is 5.81. The summed E-state index contributed by atoms with van der Waals surface area (Å²) in [5.41, 5.74) is 0.503. The fraction of sp³-hybridized carbons (Fsp3) is 0.143. The number of amides is 1. The number of hydrogen-bond donors (Lipinski definition) is 2. The summed E-state index contributed by atoms with van der Waals surface area (Å²) in [5, 5.41) is 21.2. The standard InChI is InChI=1S/C14H13BrN2O3/c1-3-4-17-14(19)10(8-16)5-9-6-11(15)13(18)12(7-9)20-2/h3,5-7,18H,1,4H2,2H3,(H,17,19)/b10-5-. The number of nitrogens with zero attached hydrogens (tertiary/aromatic N) is 1. The SMILES string of the molecule is C=CCNC(=O)/C(C#N)=C\c1cc(Br)c(O)c(OC)c1. The summed E-state index contributed by atoms with van der Waals surface area (Å²) >= 11 is 3.17. The third-order valence-electron chi connectivity index (χ3n) is 2.35. The third-order valence-corrected chi connectivity index (χ3v) is 2.96. The molecule has 0 saturated heterocycles. The molecule has 0 radical (unpaired) electrons. The van der Waals surface area contributed by atoms with Gasteiger partial charge in [-0.2, -0.15) is 5.26 Å². The van der Waals surface area contributed by atoms with Gasteiger partial charge in [0, 0.05) is 6.54 Å². The number of methoxy groups -OCH3 is 1. The molecule has 0 saturated carbocycles. The number of ether oxygens (including phenoxy) is 1. The number of phenols is 1. The van der Waals surface area contributed by atoms with E-state index in [-0.39, 0.29) is 23.6 Å². The van der Waals surface area contributed by atoms with Crippen molar-refractivity contribution >= 4 is 27.9 Å². The Bertz CT molecular complexity index is 603. The van der Waals surface area contributed by atoms with E-state index in [1.807, 2.05) is 6.07 Å². The first-order valence-corrected chi connectivity index (χ1v) is 6.40. The number of nitrogens with one attached hydrogen (secondary N) is 1. The number of phenolic OH excluding ortho intramolecular Hbond substituents is 1. The van der Waals surface area contributed by atoms with E-state index in [1.165, 1.54) is 25.3 Å². The fourth-order valence-electron chi connectivity index (χ4n) is 1.41. The lowest BCUT2D eigenvalue weighted by Gasteiger charge is -2.07. The van der Waals surface area contributed by atoms with Gasteiger partial charge in [-0.25, -0.2) is 0 Å². The van der Waals surface area contributed by atoms with Gasteiger partial charge in [0.05, 0.1) is 11.6 Å². The van der Waals surface area contributed by atoms with Crippen LogP contribution in [0.3, 0.4) is 0 Å². The number of benzene rings is 1. The van der Waals surface area contributed by atoms with Crippen LogP contribution in [-0.2, 0) is 4.79 Å². The second-order valence-corrected chi connectivity index (χ2v) is 4.58. The van der Waals surface area contributed by atoms with Gasteiger partial charge < -0.3 is 15.2 Å². The predicted octanol–water partition coefficient (Wildman–Crippen LogP) is 2.37. The molecule has 0 unspecified atom stereocenters. The van der Waals surface area contributed by atoms with E-state index in [1.54, 1.807) is 6.07 Å². The summed E-state index contributed by atoms with van der Waals surface area (Å²) in [4.78, 5) is 11.7. The lowest BCUT2D eigenvalue weighted by molar-refractivity contribution is -0.116. The smallest absolute Gasteiger partial charge is 0.262 e. The molecule has 2 N–H and O–H groups in total. The molecule has 0 heterocycles. The van der Waals surface area contributed by atoms with Crippen molar-refractivity contribution in [2.24, 2.45) is 0 Å². The Morgan fingerprint density at radius 1 is 1.65 bits per heavy atom. The molecule has 0 aliphatic carbocycles. The average molecular weight is 337 g/mol. The maximum absolute atomic E-state index is 11.7. The van der Waals surface area contributed by atoms with Crippen LogP contribution in [0.4, 0.5) is 0 Å². The second kappa shape index (κ2) is 7.36. The zero-order valence-corrected chi connectivity index (χ0v) is 12.4. The van der Waals surface area contributed by atoms with Crippen molar-refractivity contribution < 1.29 is 14.6 Å². The van der Waals surface area contributed by atoms with Gasteiger partial charge in [-0.15, -0.1) is 6.58 Å². The van der Waals surface area contributed by atoms with Crippen molar-refractivity contribution in [2.45, 2.75) is 0 Å². The molecule has 0 aliphatic heterocycles. The zero-order valence-electron chi connectivity index (χ0n) is 10.8. The predicted molar refractivity (Wildman–Crippen MR) is 79.2 cm³/mol. The van der Waals surface area contributed by atoms with E-state index in [2.05, 4.69) is 27.8 Å². The molecule has 5 nitrogen and oxygen atoms in total. The number of halogens is 1. The van der Waals surface area contributed by atoms with E-state index in [0.717, 1.165) is 0 Å². The number of nitriles is 1. The first kappa shape index (κ1) is 15.8. The van der Waals surface area contributed by atoms with Crippen LogP contribution in [-0.4, -0.2) is 24.7 Å². The summed E-state index contributed by atoms with van der Waals surface area (Å²) in [7, 11) is 1.41. The van der Waals surface area contributed by atoms with Crippen molar-refractivity contribution in [1.82, 2.24) is 5.32 Å². The topological polar surface area (TPSA) is 82.4 Å². The van der Waals surface area contributed by atoms with Gasteiger partial charge in [-0.1, -0.05) is 6.08 Å².